The number of carbonyl (C=O) groups excluding carboxylic acids is 1. The fourth-order valence-corrected chi connectivity index (χ4v) is 1.76. The van der Waals surface area contributed by atoms with Gasteiger partial charge in [0, 0.05) is 24.8 Å². The van der Waals surface area contributed by atoms with E-state index in [9.17, 15) is 14.9 Å². The Balaban J connectivity index is 2.58. The second-order valence-electron chi connectivity index (χ2n) is 3.02. The van der Waals surface area contributed by atoms with Crippen molar-refractivity contribution in [1.82, 2.24) is 0 Å². The minimum atomic E-state index is -0.415. The molecule has 0 spiro atoms. The number of hydrogen-bond acceptors (Lipinski definition) is 4. The maximum Gasteiger partial charge on any atom is 0.269 e. The van der Waals surface area contributed by atoms with Crippen LogP contribution in [-0.4, -0.2) is 15.8 Å². The molecule has 0 aliphatic rings. The molecular formula is C10H11NO3S. The first-order valence-electron chi connectivity index (χ1n) is 4.46. The predicted molar refractivity (Wildman–Crippen MR) is 59.9 cm³/mol. The van der Waals surface area contributed by atoms with E-state index in [4.69, 9.17) is 0 Å². The average molecular weight is 225 g/mol. The molecule has 1 aromatic rings. The zero-order chi connectivity index (χ0) is 11.3. The van der Waals surface area contributed by atoms with E-state index < -0.39 is 4.92 Å². The number of nitro groups is 1. The highest BCUT2D eigenvalue weighted by atomic mass is 32.2. The molecule has 1 rings (SSSR count). The van der Waals surface area contributed by atoms with E-state index in [1.165, 1.54) is 24.8 Å². The van der Waals surface area contributed by atoms with Gasteiger partial charge in [0.2, 0.25) is 0 Å². The summed E-state index contributed by atoms with van der Waals surface area (Å²) in [5.41, 5.74) is 0.985. The fraction of sp³-hybridized carbons (Fsp3) is 0.300. The summed E-state index contributed by atoms with van der Waals surface area (Å²) in [6.07, 6.45) is 0.673. The van der Waals surface area contributed by atoms with Gasteiger partial charge < -0.3 is 0 Å². The van der Waals surface area contributed by atoms with E-state index in [-0.39, 0.29) is 10.8 Å². The van der Waals surface area contributed by atoms with Crippen molar-refractivity contribution in [2.45, 2.75) is 13.3 Å². The van der Waals surface area contributed by atoms with Crippen molar-refractivity contribution in [2.24, 2.45) is 0 Å². The van der Waals surface area contributed by atoms with Gasteiger partial charge >= 0.3 is 0 Å². The molecule has 0 aliphatic carbocycles. The summed E-state index contributed by atoms with van der Waals surface area (Å²) in [7, 11) is 0. The molecule has 0 heterocycles. The van der Waals surface area contributed by atoms with Gasteiger partial charge in [-0.2, -0.15) is 0 Å². The van der Waals surface area contributed by atoms with Crippen LogP contribution >= 0.6 is 11.8 Å². The Labute approximate surface area is 91.8 Å². The lowest BCUT2D eigenvalue weighted by molar-refractivity contribution is -0.384. The van der Waals surface area contributed by atoms with Gasteiger partial charge in [0.15, 0.2) is 5.12 Å². The summed E-state index contributed by atoms with van der Waals surface area (Å²) in [6.45, 7) is 1.51. The van der Waals surface area contributed by atoms with Gasteiger partial charge in [0.25, 0.3) is 5.69 Å². The molecule has 0 unspecified atom stereocenters. The summed E-state index contributed by atoms with van der Waals surface area (Å²) in [6, 6.07) is 6.49. The van der Waals surface area contributed by atoms with Crippen LogP contribution in [0, 0.1) is 10.1 Å². The SMILES string of the molecule is CC(=O)SCCc1cccc([N+](=O)[O-])c1. The van der Waals surface area contributed by atoms with Crippen molar-refractivity contribution in [3.8, 4) is 0 Å². The molecule has 5 heteroatoms. The van der Waals surface area contributed by atoms with Crippen LogP contribution in [0.3, 0.4) is 0 Å². The summed E-state index contributed by atoms with van der Waals surface area (Å²) in [5, 5.41) is 10.6. The lowest BCUT2D eigenvalue weighted by Gasteiger charge is -1.99. The highest BCUT2D eigenvalue weighted by molar-refractivity contribution is 8.13. The molecule has 0 saturated heterocycles. The normalized spacial score (nSPS) is 9.93. The number of aryl methyl sites for hydroxylation is 1. The maximum atomic E-state index is 10.7. The fourth-order valence-electron chi connectivity index (χ4n) is 1.14. The monoisotopic (exact) mass is 225 g/mol. The third kappa shape index (κ3) is 4.12. The molecule has 0 radical (unpaired) electrons. The number of nitro benzene ring substituents is 1. The van der Waals surface area contributed by atoms with Crippen LogP contribution in [0.15, 0.2) is 24.3 Å². The molecule has 1 aromatic carbocycles. The van der Waals surface area contributed by atoms with Gasteiger partial charge in [-0.25, -0.2) is 0 Å². The Bertz CT molecular complexity index is 379. The Kier molecular flexibility index (Phi) is 4.30. The molecule has 0 aliphatic heterocycles. The van der Waals surface area contributed by atoms with Gasteiger partial charge in [0.05, 0.1) is 4.92 Å². The van der Waals surface area contributed by atoms with Crippen molar-refractivity contribution in [3.63, 3.8) is 0 Å². The number of benzene rings is 1. The number of rotatable bonds is 4. The van der Waals surface area contributed by atoms with Gasteiger partial charge in [-0.1, -0.05) is 23.9 Å². The van der Waals surface area contributed by atoms with E-state index in [0.717, 1.165) is 5.56 Å². The Morgan fingerprint density at radius 3 is 2.87 bits per heavy atom. The van der Waals surface area contributed by atoms with Crippen LogP contribution in [0.5, 0.6) is 0 Å². The van der Waals surface area contributed by atoms with Gasteiger partial charge in [0.1, 0.15) is 0 Å². The first kappa shape index (κ1) is 11.7. The minimum absolute atomic E-state index is 0.0698. The number of thioether (sulfide) groups is 1. The number of hydrogen-bond donors (Lipinski definition) is 0. The van der Waals surface area contributed by atoms with E-state index in [2.05, 4.69) is 0 Å². The summed E-state index contributed by atoms with van der Waals surface area (Å²) >= 11 is 1.23. The minimum Gasteiger partial charge on any atom is -0.288 e. The highest BCUT2D eigenvalue weighted by Gasteiger charge is 2.05. The predicted octanol–water partition coefficient (Wildman–Crippen LogP) is 2.42. The van der Waals surface area contributed by atoms with Crippen molar-refractivity contribution in [3.05, 3.63) is 39.9 Å². The van der Waals surface area contributed by atoms with E-state index >= 15 is 0 Å². The standard InChI is InChI=1S/C10H11NO3S/c1-8(12)15-6-5-9-3-2-4-10(7-9)11(13)14/h2-4,7H,5-6H2,1H3. The first-order valence-corrected chi connectivity index (χ1v) is 5.45. The second-order valence-corrected chi connectivity index (χ2v) is 4.29. The third-order valence-corrected chi connectivity index (χ3v) is 2.63. The quantitative estimate of drug-likeness (QED) is 0.583. The molecule has 0 bridgehead atoms. The lowest BCUT2D eigenvalue weighted by Crippen LogP contribution is -1.94. The second kappa shape index (κ2) is 5.50. The van der Waals surface area contributed by atoms with E-state index in [0.29, 0.717) is 12.2 Å². The zero-order valence-electron chi connectivity index (χ0n) is 8.30. The Morgan fingerprint density at radius 2 is 2.27 bits per heavy atom. The van der Waals surface area contributed by atoms with Gasteiger partial charge in [-0.05, 0) is 12.0 Å². The molecule has 0 atom stereocenters. The number of nitrogens with zero attached hydrogens (tertiary/aromatic N) is 1. The molecule has 0 amide bonds. The van der Waals surface area contributed by atoms with Crippen molar-refractivity contribution in [1.29, 1.82) is 0 Å². The van der Waals surface area contributed by atoms with Crippen LogP contribution in [0.2, 0.25) is 0 Å². The summed E-state index contributed by atoms with van der Waals surface area (Å²) in [5.74, 6) is 0.663. The Hall–Kier alpha value is -1.36. The molecule has 15 heavy (non-hydrogen) atoms. The molecule has 0 fully saturated rings. The molecule has 0 saturated carbocycles. The van der Waals surface area contributed by atoms with Crippen molar-refractivity contribution < 1.29 is 9.72 Å². The average Bonchev–Trinajstić information content (AvgIpc) is 2.17. The summed E-state index contributed by atoms with van der Waals surface area (Å²) in [4.78, 5) is 20.7. The summed E-state index contributed by atoms with van der Waals surface area (Å²) < 4.78 is 0. The molecular weight excluding hydrogens is 214 g/mol. The van der Waals surface area contributed by atoms with Crippen LogP contribution in [-0.2, 0) is 11.2 Å². The van der Waals surface area contributed by atoms with Crippen LogP contribution < -0.4 is 0 Å². The van der Waals surface area contributed by atoms with Crippen molar-refractivity contribution in [2.75, 3.05) is 5.75 Å². The van der Waals surface area contributed by atoms with Gasteiger partial charge in [-0.3, -0.25) is 14.9 Å². The molecule has 0 N–H and O–H groups in total. The van der Waals surface area contributed by atoms with Crippen LogP contribution in [0.1, 0.15) is 12.5 Å². The molecule has 4 nitrogen and oxygen atoms in total. The number of non-ortho nitro benzene ring substituents is 1. The molecule has 0 aromatic heterocycles. The topological polar surface area (TPSA) is 60.2 Å². The smallest absolute Gasteiger partial charge is 0.269 e. The zero-order valence-corrected chi connectivity index (χ0v) is 9.12. The largest absolute Gasteiger partial charge is 0.288 e. The number of carbonyl (C=O) groups is 1. The van der Waals surface area contributed by atoms with Crippen molar-refractivity contribution >= 4 is 22.6 Å². The van der Waals surface area contributed by atoms with E-state index in [1.807, 2.05) is 6.07 Å². The van der Waals surface area contributed by atoms with Crippen LogP contribution in [0.25, 0.3) is 0 Å². The third-order valence-electron chi connectivity index (χ3n) is 1.82. The van der Waals surface area contributed by atoms with E-state index in [1.54, 1.807) is 12.1 Å². The Morgan fingerprint density at radius 1 is 1.53 bits per heavy atom. The highest BCUT2D eigenvalue weighted by Crippen LogP contribution is 2.15. The first-order chi connectivity index (χ1) is 7.09. The van der Waals surface area contributed by atoms with Gasteiger partial charge in [-0.15, -0.1) is 0 Å². The van der Waals surface area contributed by atoms with Crippen LogP contribution in [0.4, 0.5) is 5.69 Å². The molecule has 80 valence electrons. The maximum absolute atomic E-state index is 10.7. The lowest BCUT2D eigenvalue weighted by atomic mass is 10.1.